The molecule has 0 N–H and O–H groups in total. The van der Waals surface area contributed by atoms with E-state index in [2.05, 4.69) is 0 Å². The van der Waals surface area contributed by atoms with E-state index in [4.69, 9.17) is 18.6 Å². The van der Waals surface area contributed by atoms with Gasteiger partial charge in [0.25, 0.3) is 0 Å². The molecular formula is C25H27NO5. The molecular weight excluding hydrogens is 394 g/mol. The fourth-order valence-electron chi connectivity index (χ4n) is 4.09. The first kappa shape index (κ1) is 21.0. The summed E-state index contributed by atoms with van der Waals surface area (Å²) in [7, 11) is 3.30. The maximum absolute atomic E-state index is 12.8. The van der Waals surface area contributed by atoms with Crippen molar-refractivity contribution in [1.82, 2.24) is 4.90 Å². The van der Waals surface area contributed by atoms with Crippen LogP contribution in [0.3, 0.4) is 0 Å². The van der Waals surface area contributed by atoms with Gasteiger partial charge in [-0.3, -0.25) is 4.79 Å². The van der Waals surface area contributed by atoms with Crippen LogP contribution < -0.4 is 9.47 Å². The number of furan rings is 1. The lowest BCUT2D eigenvalue weighted by Gasteiger charge is -2.26. The number of fused-ring (bicyclic) bond motifs is 1. The van der Waals surface area contributed by atoms with Crippen molar-refractivity contribution >= 4 is 22.4 Å². The van der Waals surface area contributed by atoms with E-state index in [1.165, 1.54) is 0 Å². The molecule has 1 amide bonds. The van der Waals surface area contributed by atoms with Crippen LogP contribution in [0.25, 0.3) is 27.7 Å². The minimum Gasteiger partial charge on any atom is -0.496 e. The monoisotopic (exact) mass is 421 g/mol. The number of methoxy groups -OCH3 is 2. The Balaban J connectivity index is 1.83. The number of hydrogen-bond donors (Lipinski definition) is 0. The Morgan fingerprint density at radius 2 is 1.84 bits per heavy atom. The molecule has 31 heavy (non-hydrogen) atoms. The Kier molecular flexibility index (Phi) is 6.00. The first-order valence-electron chi connectivity index (χ1n) is 10.3. The molecule has 1 aliphatic heterocycles. The second kappa shape index (κ2) is 8.86. The summed E-state index contributed by atoms with van der Waals surface area (Å²) in [5.74, 6) is 1.46. The molecule has 0 radical (unpaired) electrons. The van der Waals surface area contributed by atoms with Crippen molar-refractivity contribution < 1.29 is 23.4 Å². The van der Waals surface area contributed by atoms with E-state index in [1.54, 1.807) is 26.6 Å². The third kappa shape index (κ3) is 3.91. The summed E-state index contributed by atoms with van der Waals surface area (Å²) >= 11 is 0. The highest BCUT2D eigenvalue weighted by atomic mass is 16.5. The zero-order valence-corrected chi connectivity index (χ0v) is 18.4. The molecule has 0 spiro atoms. The summed E-state index contributed by atoms with van der Waals surface area (Å²) in [5, 5.41) is 0.948. The maximum Gasteiger partial charge on any atom is 0.247 e. The Morgan fingerprint density at radius 1 is 1.10 bits per heavy atom. The standard InChI is InChI=1S/C25H27NO5/c1-16(13-23(27)26-9-11-30-12-10-26)19-14-20-21(18-7-5-6-8-22(18)28-3)15-31-25(20)17(2)24(19)29-4/h5-8,13-15H,9-12H2,1-4H3/b16-13+. The number of aryl methyl sites for hydroxylation is 1. The van der Waals surface area contributed by atoms with Crippen molar-refractivity contribution in [2.75, 3.05) is 40.5 Å². The molecule has 1 saturated heterocycles. The van der Waals surface area contributed by atoms with Crippen molar-refractivity contribution in [2.24, 2.45) is 0 Å². The van der Waals surface area contributed by atoms with Crippen LogP contribution in [0.2, 0.25) is 0 Å². The molecule has 6 heteroatoms. The largest absolute Gasteiger partial charge is 0.496 e. The molecule has 0 atom stereocenters. The lowest BCUT2D eigenvalue weighted by atomic mass is 9.96. The van der Waals surface area contributed by atoms with Crippen LogP contribution in [0, 0.1) is 6.92 Å². The molecule has 6 nitrogen and oxygen atoms in total. The number of ether oxygens (including phenoxy) is 3. The molecule has 2 aromatic carbocycles. The normalized spacial score (nSPS) is 14.7. The van der Waals surface area contributed by atoms with Crippen molar-refractivity contribution in [1.29, 1.82) is 0 Å². The van der Waals surface area contributed by atoms with Gasteiger partial charge in [-0.1, -0.05) is 18.2 Å². The quantitative estimate of drug-likeness (QED) is 0.560. The van der Waals surface area contributed by atoms with E-state index >= 15 is 0 Å². The van der Waals surface area contributed by atoms with E-state index < -0.39 is 0 Å². The number of hydrogen-bond acceptors (Lipinski definition) is 5. The summed E-state index contributed by atoms with van der Waals surface area (Å²) in [6.07, 6.45) is 3.42. The predicted octanol–water partition coefficient (Wildman–Crippen LogP) is 4.69. The molecule has 1 aromatic heterocycles. The Morgan fingerprint density at radius 3 is 2.55 bits per heavy atom. The van der Waals surface area contributed by atoms with E-state index in [1.807, 2.05) is 49.1 Å². The number of nitrogens with zero attached hydrogens (tertiary/aromatic N) is 1. The predicted molar refractivity (Wildman–Crippen MR) is 121 cm³/mol. The van der Waals surface area contributed by atoms with Crippen molar-refractivity contribution in [3.05, 3.63) is 53.8 Å². The van der Waals surface area contributed by atoms with Crippen molar-refractivity contribution in [3.63, 3.8) is 0 Å². The highest BCUT2D eigenvalue weighted by Gasteiger charge is 2.21. The van der Waals surface area contributed by atoms with Gasteiger partial charge in [0.15, 0.2) is 0 Å². The van der Waals surface area contributed by atoms with E-state index in [-0.39, 0.29) is 5.91 Å². The first-order valence-corrected chi connectivity index (χ1v) is 10.3. The van der Waals surface area contributed by atoms with Gasteiger partial charge in [-0.05, 0) is 31.6 Å². The summed E-state index contributed by atoms with van der Waals surface area (Å²) in [6.45, 7) is 6.27. The Labute approximate surface area is 182 Å². The van der Waals surface area contributed by atoms with Gasteiger partial charge < -0.3 is 23.5 Å². The lowest BCUT2D eigenvalue weighted by molar-refractivity contribution is -0.129. The first-order chi connectivity index (χ1) is 15.0. The number of morpholine rings is 1. The average molecular weight is 421 g/mol. The molecule has 0 bridgehead atoms. The number of benzene rings is 2. The van der Waals surface area contributed by atoms with Gasteiger partial charge in [-0.25, -0.2) is 0 Å². The molecule has 1 aliphatic rings. The van der Waals surface area contributed by atoms with Crippen LogP contribution in [-0.2, 0) is 9.53 Å². The summed E-state index contributed by atoms with van der Waals surface area (Å²) in [5.41, 5.74) is 5.24. The smallest absolute Gasteiger partial charge is 0.247 e. The number of carbonyl (C=O) groups is 1. The van der Waals surface area contributed by atoms with Gasteiger partial charge in [0.05, 0.1) is 33.7 Å². The van der Waals surface area contributed by atoms with Gasteiger partial charge in [0, 0.05) is 46.8 Å². The second-order valence-electron chi connectivity index (χ2n) is 7.57. The van der Waals surface area contributed by atoms with Crippen LogP contribution >= 0.6 is 0 Å². The molecule has 3 aromatic rings. The Bertz CT molecular complexity index is 1140. The average Bonchev–Trinajstić information content (AvgIpc) is 3.23. The number of carbonyl (C=O) groups excluding carboxylic acids is 1. The third-order valence-corrected chi connectivity index (χ3v) is 5.73. The van der Waals surface area contributed by atoms with E-state index in [0.717, 1.165) is 44.5 Å². The van der Waals surface area contributed by atoms with E-state index in [0.29, 0.717) is 32.1 Å². The fourth-order valence-corrected chi connectivity index (χ4v) is 4.09. The maximum atomic E-state index is 12.8. The molecule has 1 fully saturated rings. The number of para-hydroxylation sites is 1. The highest BCUT2D eigenvalue weighted by molar-refractivity contribution is 6.02. The zero-order chi connectivity index (χ0) is 22.0. The van der Waals surface area contributed by atoms with Gasteiger partial charge in [0.1, 0.15) is 17.1 Å². The van der Waals surface area contributed by atoms with Crippen LogP contribution in [0.15, 0.2) is 47.1 Å². The molecule has 0 saturated carbocycles. The summed E-state index contributed by atoms with van der Waals surface area (Å²) < 4.78 is 22.6. The molecule has 2 heterocycles. The molecule has 162 valence electrons. The minimum absolute atomic E-state index is 0.0160. The molecule has 0 unspecified atom stereocenters. The van der Waals surface area contributed by atoms with Gasteiger partial charge in [0.2, 0.25) is 5.91 Å². The number of allylic oxidation sites excluding steroid dienone is 1. The number of rotatable bonds is 5. The van der Waals surface area contributed by atoms with Gasteiger partial charge >= 0.3 is 0 Å². The Hall–Kier alpha value is -3.25. The van der Waals surface area contributed by atoms with Crippen LogP contribution in [0.5, 0.6) is 11.5 Å². The second-order valence-corrected chi connectivity index (χ2v) is 7.57. The van der Waals surface area contributed by atoms with Crippen LogP contribution in [-0.4, -0.2) is 51.3 Å². The zero-order valence-electron chi connectivity index (χ0n) is 18.4. The van der Waals surface area contributed by atoms with Crippen LogP contribution in [0.4, 0.5) is 0 Å². The number of amides is 1. The van der Waals surface area contributed by atoms with Gasteiger partial charge in [-0.15, -0.1) is 0 Å². The highest BCUT2D eigenvalue weighted by Crippen LogP contribution is 2.42. The van der Waals surface area contributed by atoms with Crippen LogP contribution in [0.1, 0.15) is 18.1 Å². The fraction of sp³-hybridized carbons (Fsp3) is 0.320. The van der Waals surface area contributed by atoms with E-state index in [9.17, 15) is 4.79 Å². The molecule has 0 aliphatic carbocycles. The molecule has 4 rings (SSSR count). The third-order valence-electron chi connectivity index (χ3n) is 5.73. The minimum atomic E-state index is -0.0160. The summed E-state index contributed by atoms with van der Waals surface area (Å²) in [4.78, 5) is 14.6. The topological polar surface area (TPSA) is 61.1 Å². The van der Waals surface area contributed by atoms with Crippen molar-refractivity contribution in [2.45, 2.75) is 13.8 Å². The SMILES string of the molecule is COc1ccccc1-c1coc2c(C)c(OC)c(/C(C)=C/C(=O)N3CCOCC3)cc12. The van der Waals surface area contributed by atoms with Gasteiger partial charge in [-0.2, -0.15) is 0 Å². The summed E-state index contributed by atoms with van der Waals surface area (Å²) in [6, 6.07) is 9.88. The van der Waals surface area contributed by atoms with Crippen molar-refractivity contribution in [3.8, 4) is 22.6 Å². The lowest BCUT2D eigenvalue weighted by Crippen LogP contribution is -2.39.